The van der Waals surface area contributed by atoms with Crippen molar-refractivity contribution >= 4 is 38.9 Å². The summed E-state index contributed by atoms with van der Waals surface area (Å²) in [5.41, 5.74) is 1.57. The van der Waals surface area contributed by atoms with E-state index in [2.05, 4.69) is 26.2 Å². The Labute approximate surface area is 108 Å². The van der Waals surface area contributed by atoms with Crippen molar-refractivity contribution in [3.8, 4) is 0 Å². The second-order valence-corrected chi connectivity index (χ2v) is 4.65. The maximum atomic E-state index is 13.4. The highest BCUT2D eigenvalue weighted by molar-refractivity contribution is 9.10. The fraction of sp³-hybridized carbons (Fsp3) is 0. The lowest BCUT2D eigenvalue weighted by Crippen LogP contribution is -2.14. The third kappa shape index (κ3) is 2.67. The number of aromatic nitrogens is 1. The van der Waals surface area contributed by atoms with Gasteiger partial charge in [-0.05, 0) is 22.0 Å². The first kappa shape index (κ1) is 12.1. The number of benzene rings is 1. The fourth-order valence-corrected chi connectivity index (χ4v) is 2.20. The van der Waals surface area contributed by atoms with E-state index in [0.29, 0.717) is 6.07 Å². The number of rotatable bonds is 2. The Balaban J connectivity index is 2.28. The molecule has 1 N–H and O–H groups in total. The molecule has 0 aliphatic heterocycles. The molecule has 0 fully saturated rings. The normalized spacial score (nSPS) is 10.3. The molecule has 2 aromatic rings. The minimum Gasteiger partial charge on any atom is -0.317 e. The van der Waals surface area contributed by atoms with Crippen molar-refractivity contribution in [1.82, 2.24) is 4.98 Å². The number of carbonyl (C=O) groups excluding carboxylic acids is 1. The van der Waals surface area contributed by atoms with Crippen LogP contribution in [0.25, 0.3) is 0 Å². The zero-order valence-corrected chi connectivity index (χ0v) is 10.6. The molecule has 0 unspecified atom stereocenters. The van der Waals surface area contributed by atoms with Crippen molar-refractivity contribution in [1.29, 1.82) is 0 Å². The first-order valence-corrected chi connectivity index (χ1v) is 6.15. The number of amides is 1. The van der Waals surface area contributed by atoms with Gasteiger partial charge in [0.15, 0.2) is 5.82 Å². The second-order valence-electron chi connectivity index (χ2n) is 3.07. The number of hydrogen-bond acceptors (Lipinski definition) is 3. The fourth-order valence-electron chi connectivity index (χ4n) is 1.16. The third-order valence-corrected chi connectivity index (χ3v) is 3.12. The van der Waals surface area contributed by atoms with Crippen LogP contribution < -0.4 is 5.32 Å². The summed E-state index contributed by atoms with van der Waals surface area (Å²) in [6, 6.07) is 1.77. The molecule has 0 saturated heterocycles. The van der Waals surface area contributed by atoms with Gasteiger partial charge < -0.3 is 5.32 Å². The molecule has 0 radical (unpaired) electrons. The SMILES string of the molecule is O=C(Nc1c(F)cc(F)cc1Br)c1cscn1. The van der Waals surface area contributed by atoms with Crippen LogP contribution in [0.15, 0.2) is 27.5 Å². The van der Waals surface area contributed by atoms with Gasteiger partial charge in [-0.25, -0.2) is 13.8 Å². The Morgan fingerprint density at radius 3 is 2.76 bits per heavy atom. The van der Waals surface area contributed by atoms with E-state index in [9.17, 15) is 13.6 Å². The van der Waals surface area contributed by atoms with Gasteiger partial charge >= 0.3 is 0 Å². The number of carbonyl (C=O) groups is 1. The molecule has 1 amide bonds. The molecule has 1 aromatic carbocycles. The highest BCUT2D eigenvalue weighted by Gasteiger charge is 2.14. The van der Waals surface area contributed by atoms with E-state index < -0.39 is 17.5 Å². The zero-order chi connectivity index (χ0) is 12.4. The Morgan fingerprint density at radius 2 is 2.18 bits per heavy atom. The number of nitrogens with zero attached hydrogens (tertiary/aromatic N) is 1. The largest absolute Gasteiger partial charge is 0.317 e. The summed E-state index contributed by atoms with van der Waals surface area (Å²) >= 11 is 4.23. The molecule has 7 heteroatoms. The summed E-state index contributed by atoms with van der Waals surface area (Å²) in [6.45, 7) is 0. The van der Waals surface area contributed by atoms with Crippen LogP contribution in [0.2, 0.25) is 0 Å². The third-order valence-electron chi connectivity index (χ3n) is 1.91. The van der Waals surface area contributed by atoms with Gasteiger partial charge in [0.25, 0.3) is 5.91 Å². The Bertz CT molecular complexity index is 536. The van der Waals surface area contributed by atoms with Crippen LogP contribution in [0.3, 0.4) is 0 Å². The van der Waals surface area contributed by atoms with Crippen molar-refractivity contribution in [3.05, 3.63) is 44.8 Å². The van der Waals surface area contributed by atoms with Gasteiger partial charge in [0.05, 0.1) is 11.2 Å². The van der Waals surface area contributed by atoms with Crippen LogP contribution in [0, 0.1) is 11.6 Å². The summed E-state index contributed by atoms with van der Waals surface area (Å²) in [6.07, 6.45) is 0. The monoisotopic (exact) mass is 318 g/mol. The Hall–Kier alpha value is -1.34. The molecule has 0 saturated carbocycles. The first-order valence-electron chi connectivity index (χ1n) is 4.42. The van der Waals surface area contributed by atoms with E-state index >= 15 is 0 Å². The van der Waals surface area contributed by atoms with Crippen LogP contribution in [-0.4, -0.2) is 10.9 Å². The van der Waals surface area contributed by atoms with Crippen LogP contribution in [0.4, 0.5) is 14.5 Å². The van der Waals surface area contributed by atoms with E-state index in [-0.39, 0.29) is 15.9 Å². The van der Waals surface area contributed by atoms with Crippen molar-refractivity contribution in [2.24, 2.45) is 0 Å². The lowest BCUT2D eigenvalue weighted by atomic mass is 10.3. The lowest BCUT2D eigenvalue weighted by molar-refractivity contribution is 0.102. The van der Waals surface area contributed by atoms with Crippen LogP contribution in [0.5, 0.6) is 0 Å². The number of hydrogen-bond donors (Lipinski definition) is 1. The molecule has 1 aromatic heterocycles. The number of anilines is 1. The Kier molecular flexibility index (Phi) is 3.49. The topological polar surface area (TPSA) is 42.0 Å². The van der Waals surface area contributed by atoms with E-state index in [1.54, 1.807) is 0 Å². The van der Waals surface area contributed by atoms with Crippen molar-refractivity contribution in [2.75, 3.05) is 5.32 Å². The number of nitrogens with one attached hydrogen (secondary N) is 1. The molecule has 2 rings (SSSR count). The van der Waals surface area contributed by atoms with E-state index in [1.807, 2.05) is 0 Å². The smallest absolute Gasteiger partial charge is 0.275 e. The molecule has 0 spiro atoms. The lowest BCUT2D eigenvalue weighted by Gasteiger charge is -2.07. The molecule has 0 aliphatic rings. The predicted octanol–water partition coefficient (Wildman–Crippen LogP) is 3.44. The second kappa shape index (κ2) is 4.89. The summed E-state index contributed by atoms with van der Waals surface area (Å²) in [5.74, 6) is -2.11. The average Bonchev–Trinajstić information content (AvgIpc) is 2.76. The summed E-state index contributed by atoms with van der Waals surface area (Å²) in [5, 5.41) is 3.86. The summed E-state index contributed by atoms with van der Waals surface area (Å²) < 4.78 is 26.4. The molecular formula is C10H5BrF2N2OS. The maximum Gasteiger partial charge on any atom is 0.275 e. The van der Waals surface area contributed by atoms with Crippen LogP contribution >= 0.6 is 27.3 Å². The molecule has 3 nitrogen and oxygen atoms in total. The van der Waals surface area contributed by atoms with Gasteiger partial charge in [-0.15, -0.1) is 11.3 Å². The van der Waals surface area contributed by atoms with Gasteiger partial charge in [0, 0.05) is 15.9 Å². The quantitative estimate of drug-likeness (QED) is 0.921. The van der Waals surface area contributed by atoms with Crippen LogP contribution in [0.1, 0.15) is 10.5 Å². The molecule has 1 heterocycles. The van der Waals surface area contributed by atoms with Crippen molar-refractivity contribution in [3.63, 3.8) is 0 Å². The first-order chi connectivity index (χ1) is 8.08. The van der Waals surface area contributed by atoms with E-state index in [1.165, 1.54) is 22.2 Å². The highest BCUT2D eigenvalue weighted by atomic mass is 79.9. The highest BCUT2D eigenvalue weighted by Crippen LogP contribution is 2.27. The van der Waals surface area contributed by atoms with Crippen molar-refractivity contribution in [2.45, 2.75) is 0 Å². The molecule has 88 valence electrons. The van der Waals surface area contributed by atoms with Crippen molar-refractivity contribution < 1.29 is 13.6 Å². The average molecular weight is 319 g/mol. The molecule has 0 bridgehead atoms. The number of thiazole rings is 1. The molecule has 0 aliphatic carbocycles. The Morgan fingerprint density at radius 1 is 1.41 bits per heavy atom. The van der Waals surface area contributed by atoms with Gasteiger partial charge in [-0.1, -0.05) is 0 Å². The van der Waals surface area contributed by atoms with Crippen LogP contribution in [-0.2, 0) is 0 Å². The van der Waals surface area contributed by atoms with Gasteiger partial charge in [-0.3, -0.25) is 4.79 Å². The van der Waals surface area contributed by atoms with Gasteiger partial charge in [0.1, 0.15) is 11.5 Å². The predicted molar refractivity (Wildman–Crippen MR) is 64.1 cm³/mol. The van der Waals surface area contributed by atoms with E-state index in [4.69, 9.17) is 0 Å². The van der Waals surface area contributed by atoms with Gasteiger partial charge in [-0.2, -0.15) is 0 Å². The van der Waals surface area contributed by atoms with E-state index in [0.717, 1.165) is 6.07 Å². The standard InChI is InChI=1S/C10H5BrF2N2OS/c11-6-1-5(12)2-7(13)9(6)15-10(16)8-3-17-4-14-8/h1-4H,(H,15,16). The molecular weight excluding hydrogens is 314 g/mol. The molecule has 17 heavy (non-hydrogen) atoms. The summed E-state index contributed by atoms with van der Waals surface area (Å²) in [7, 11) is 0. The summed E-state index contributed by atoms with van der Waals surface area (Å²) in [4.78, 5) is 15.4. The maximum absolute atomic E-state index is 13.4. The zero-order valence-electron chi connectivity index (χ0n) is 8.21. The minimum absolute atomic E-state index is 0.107. The minimum atomic E-state index is -0.847. The van der Waals surface area contributed by atoms with Gasteiger partial charge in [0.2, 0.25) is 0 Å². The molecule has 0 atom stereocenters. The number of halogens is 3.